The van der Waals surface area contributed by atoms with Crippen LogP contribution in [0, 0.1) is 0 Å². The second-order valence-corrected chi connectivity index (χ2v) is 2.87. The third kappa shape index (κ3) is 2.78. The minimum absolute atomic E-state index is 0.0555. The fraction of sp³-hybridized carbons (Fsp3) is 0.200. The SMILES string of the molecule is CC(=O)Oc1ccccc1[C@H](O)C(=O)O. The average molecular weight is 210 g/mol. The number of hydrogen-bond donors (Lipinski definition) is 2. The summed E-state index contributed by atoms with van der Waals surface area (Å²) < 4.78 is 4.75. The molecular weight excluding hydrogens is 200 g/mol. The van der Waals surface area contributed by atoms with E-state index in [0.29, 0.717) is 0 Å². The normalized spacial score (nSPS) is 11.9. The Morgan fingerprint density at radius 1 is 1.33 bits per heavy atom. The van der Waals surface area contributed by atoms with Gasteiger partial charge in [-0.2, -0.15) is 0 Å². The molecule has 2 N–H and O–H groups in total. The van der Waals surface area contributed by atoms with Gasteiger partial charge in [-0.05, 0) is 6.07 Å². The summed E-state index contributed by atoms with van der Waals surface area (Å²) >= 11 is 0. The zero-order valence-electron chi connectivity index (χ0n) is 8.01. The Bertz CT molecular complexity index is 385. The third-order valence-electron chi connectivity index (χ3n) is 1.70. The van der Waals surface area contributed by atoms with Crippen LogP contribution in [0.25, 0.3) is 0 Å². The molecule has 1 rings (SSSR count). The van der Waals surface area contributed by atoms with Crippen molar-refractivity contribution < 1.29 is 24.5 Å². The van der Waals surface area contributed by atoms with Gasteiger partial charge in [0.25, 0.3) is 0 Å². The highest BCUT2D eigenvalue weighted by molar-refractivity contribution is 5.76. The summed E-state index contributed by atoms with van der Waals surface area (Å²) in [6.07, 6.45) is -1.69. The first kappa shape index (κ1) is 11.2. The fourth-order valence-electron chi connectivity index (χ4n) is 1.09. The maximum atomic E-state index is 10.7. The number of ether oxygens (including phenoxy) is 1. The highest BCUT2D eigenvalue weighted by Crippen LogP contribution is 2.25. The number of aliphatic hydroxyl groups excluding tert-OH is 1. The van der Waals surface area contributed by atoms with Gasteiger partial charge in [-0.3, -0.25) is 4.79 Å². The molecule has 15 heavy (non-hydrogen) atoms. The maximum absolute atomic E-state index is 10.7. The molecule has 0 aliphatic rings. The van der Waals surface area contributed by atoms with Gasteiger partial charge in [-0.25, -0.2) is 4.79 Å². The van der Waals surface area contributed by atoms with Gasteiger partial charge in [0.05, 0.1) is 0 Å². The molecule has 0 saturated heterocycles. The topological polar surface area (TPSA) is 83.8 Å². The van der Waals surface area contributed by atoms with E-state index in [1.54, 1.807) is 12.1 Å². The van der Waals surface area contributed by atoms with Crippen LogP contribution in [-0.4, -0.2) is 22.2 Å². The van der Waals surface area contributed by atoms with Gasteiger partial charge in [-0.15, -0.1) is 0 Å². The van der Waals surface area contributed by atoms with Crippen molar-refractivity contribution in [1.29, 1.82) is 0 Å². The predicted octanol–water partition coefficient (Wildman–Crippen LogP) is 0.730. The lowest BCUT2D eigenvalue weighted by Gasteiger charge is -2.10. The molecule has 1 aromatic carbocycles. The first-order chi connectivity index (χ1) is 7.02. The molecule has 5 heteroatoms. The molecule has 0 fully saturated rings. The first-order valence-corrected chi connectivity index (χ1v) is 4.20. The number of aliphatic hydroxyl groups is 1. The Labute approximate surface area is 85.9 Å². The van der Waals surface area contributed by atoms with E-state index in [2.05, 4.69) is 0 Å². The second kappa shape index (κ2) is 4.56. The molecule has 5 nitrogen and oxygen atoms in total. The summed E-state index contributed by atoms with van der Waals surface area (Å²) in [7, 11) is 0. The monoisotopic (exact) mass is 210 g/mol. The van der Waals surface area contributed by atoms with E-state index in [4.69, 9.17) is 9.84 Å². The van der Waals surface area contributed by atoms with E-state index < -0.39 is 18.0 Å². The molecule has 80 valence electrons. The van der Waals surface area contributed by atoms with Crippen LogP contribution >= 0.6 is 0 Å². The van der Waals surface area contributed by atoms with Crippen LogP contribution in [0.4, 0.5) is 0 Å². The highest BCUT2D eigenvalue weighted by atomic mass is 16.5. The molecular formula is C10H10O5. The smallest absolute Gasteiger partial charge is 0.337 e. The summed E-state index contributed by atoms with van der Waals surface area (Å²) in [5.74, 6) is -1.91. The average Bonchev–Trinajstić information content (AvgIpc) is 2.16. The van der Waals surface area contributed by atoms with Crippen molar-refractivity contribution in [2.24, 2.45) is 0 Å². The number of carboxylic acids is 1. The van der Waals surface area contributed by atoms with Crippen molar-refractivity contribution in [2.75, 3.05) is 0 Å². The molecule has 0 aliphatic carbocycles. The van der Waals surface area contributed by atoms with Crippen molar-refractivity contribution in [1.82, 2.24) is 0 Å². The van der Waals surface area contributed by atoms with Crippen LogP contribution in [0.15, 0.2) is 24.3 Å². The number of aliphatic carboxylic acids is 1. The van der Waals surface area contributed by atoms with Crippen molar-refractivity contribution in [3.8, 4) is 5.75 Å². The van der Waals surface area contributed by atoms with Gasteiger partial charge >= 0.3 is 11.9 Å². The second-order valence-electron chi connectivity index (χ2n) is 2.87. The Kier molecular flexibility index (Phi) is 3.41. The molecule has 1 aromatic rings. The maximum Gasteiger partial charge on any atom is 0.337 e. The fourth-order valence-corrected chi connectivity index (χ4v) is 1.09. The molecule has 0 radical (unpaired) electrons. The minimum atomic E-state index is -1.69. The van der Waals surface area contributed by atoms with Crippen LogP contribution < -0.4 is 4.74 Å². The van der Waals surface area contributed by atoms with Gasteiger partial charge in [0, 0.05) is 12.5 Å². The zero-order valence-corrected chi connectivity index (χ0v) is 8.01. The number of hydrogen-bond acceptors (Lipinski definition) is 4. The van der Waals surface area contributed by atoms with Crippen LogP contribution in [0.1, 0.15) is 18.6 Å². The van der Waals surface area contributed by atoms with Crippen molar-refractivity contribution in [2.45, 2.75) is 13.0 Å². The Hall–Kier alpha value is -1.88. The molecule has 0 unspecified atom stereocenters. The molecule has 0 spiro atoms. The van der Waals surface area contributed by atoms with E-state index in [-0.39, 0.29) is 11.3 Å². The van der Waals surface area contributed by atoms with Crippen LogP contribution in [0.5, 0.6) is 5.75 Å². The third-order valence-corrected chi connectivity index (χ3v) is 1.70. The zero-order chi connectivity index (χ0) is 11.4. The molecule has 0 aliphatic heterocycles. The molecule has 0 amide bonds. The number of rotatable bonds is 3. The number of esters is 1. The van der Waals surface area contributed by atoms with E-state index in [9.17, 15) is 14.7 Å². The van der Waals surface area contributed by atoms with Gasteiger partial charge in [0.1, 0.15) is 5.75 Å². The molecule has 0 aromatic heterocycles. The molecule has 0 heterocycles. The summed E-state index contributed by atoms with van der Waals surface area (Å²) in [6, 6.07) is 5.94. The molecule has 0 bridgehead atoms. The van der Waals surface area contributed by atoms with E-state index in [1.165, 1.54) is 19.1 Å². The first-order valence-electron chi connectivity index (χ1n) is 4.20. The summed E-state index contributed by atoms with van der Waals surface area (Å²) in [4.78, 5) is 21.3. The van der Waals surface area contributed by atoms with E-state index >= 15 is 0 Å². The van der Waals surface area contributed by atoms with Crippen molar-refractivity contribution in [3.63, 3.8) is 0 Å². The summed E-state index contributed by atoms with van der Waals surface area (Å²) in [6.45, 7) is 1.20. The number of benzene rings is 1. The van der Waals surface area contributed by atoms with Crippen LogP contribution in [-0.2, 0) is 9.59 Å². The minimum Gasteiger partial charge on any atom is -0.479 e. The summed E-state index contributed by atoms with van der Waals surface area (Å²) in [5.41, 5.74) is 0.0557. The molecule has 1 atom stereocenters. The van der Waals surface area contributed by atoms with Gasteiger partial charge < -0.3 is 14.9 Å². The Morgan fingerprint density at radius 3 is 2.47 bits per heavy atom. The number of carboxylic acid groups (broad SMARTS) is 1. The Balaban J connectivity index is 3.05. The number of carbonyl (C=O) groups is 2. The molecule has 0 saturated carbocycles. The van der Waals surface area contributed by atoms with E-state index in [0.717, 1.165) is 0 Å². The number of para-hydroxylation sites is 1. The lowest BCUT2D eigenvalue weighted by atomic mass is 10.1. The number of carbonyl (C=O) groups excluding carboxylic acids is 1. The van der Waals surface area contributed by atoms with Crippen LogP contribution in [0.2, 0.25) is 0 Å². The summed E-state index contributed by atoms with van der Waals surface area (Å²) in [5, 5.41) is 17.9. The lowest BCUT2D eigenvalue weighted by Crippen LogP contribution is -2.13. The lowest BCUT2D eigenvalue weighted by molar-refractivity contribution is -0.147. The van der Waals surface area contributed by atoms with Crippen LogP contribution in [0.3, 0.4) is 0 Å². The standard InChI is InChI=1S/C10H10O5/c1-6(11)15-8-5-3-2-4-7(8)9(12)10(13)14/h2-5,9,12H,1H3,(H,13,14)/t9-/m0/s1. The van der Waals surface area contributed by atoms with Crippen molar-refractivity contribution in [3.05, 3.63) is 29.8 Å². The van der Waals surface area contributed by atoms with E-state index in [1.807, 2.05) is 0 Å². The quantitative estimate of drug-likeness (QED) is 0.567. The van der Waals surface area contributed by atoms with Crippen molar-refractivity contribution >= 4 is 11.9 Å². The highest BCUT2D eigenvalue weighted by Gasteiger charge is 2.20. The van der Waals surface area contributed by atoms with Gasteiger partial charge in [0.15, 0.2) is 6.10 Å². The largest absolute Gasteiger partial charge is 0.479 e. The Morgan fingerprint density at radius 2 is 1.93 bits per heavy atom. The van der Waals surface area contributed by atoms with Gasteiger partial charge in [-0.1, -0.05) is 18.2 Å². The van der Waals surface area contributed by atoms with Gasteiger partial charge in [0.2, 0.25) is 0 Å². The predicted molar refractivity (Wildman–Crippen MR) is 50.3 cm³/mol.